The number of halogens is 2. The third kappa shape index (κ3) is 1.52. The molecule has 0 radical (unpaired) electrons. The standard InChI is InChI=1S/C7H6BrFS/c1-4-6(8)2-5(9)3-7(4)10/h2-3,10H,1H3. The summed E-state index contributed by atoms with van der Waals surface area (Å²) in [6.45, 7) is 1.88. The summed E-state index contributed by atoms with van der Waals surface area (Å²) in [6.07, 6.45) is 0. The quantitative estimate of drug-likeness (QED) is 0.639. The number of hydrogen-bond donors (Lipinski definition) is 1. The molecule has 3 heteroatoms. The maximum Gasteiger partial charge on any atom is 0.125 e. The van der Waals surface area contributed by atoms with Crippen molar-refractivity contribution in [3.8, 4) is 0 Å². The van der Waals surface area contributed by atoms with Gasteiger partial charge in [0.15, 0.2) is 0 Å². The highest BCUT2D eigenvalue weighted by atomic mass is 79.9. The van der Waals surface area contributed by atoms with Crippen LogP contribution in [0.4, 0.5) is 4.39 Å². The second-order valence-electron chi connectivity index (χ2n) is 2.03. The Morgan fingerprint density at radius 2 is 2.10 bits per heavy atom. The molecular formula is C7H6BrFS. The van der Waals surface area contributed by atoms with Gasteiger partial charge in [0.2, 0.25) is 0 Å². The van der Waals surface area contributed by atoms with Crippen LogP contribution in [0.1, 0.15) is 5.56 Å². The third-order valence-corrected chi connectivity index (χ3v) is 2.57. The molecule has 54 valence electrons. The van der Waals surface area contributed by atoms with E-state index in [1.54, 1.807) is 0 Å². The zero-order valence-electron chi connectivity index (χ0n) is 5.36. The summed E-state index contributed by atoms with van der Waals surface area (Å²) < 4.78 is 13.3. The molecule has 0 amide bonds. The molecule has 0 aliphatic rings. The first-order valence-electron chi connectivity index (χ1n) is 2.76. The lowest BCUT2D eigenvalue weighted by Crippen LogP contribution is -1.81. The van der Waals surface area contributed by atoms with Crippen LogP contribution < -0.4 is 0 Å². The first-order chi connectivity index (χ1) is 4.61. The Morgan fingerprint density at radius 3 is 2.60 bits per heavy atom. The van der Waals surface area contributed by atoms with E-state index in [9.17, 15) is 4.39 Å². The highest BCUT2D eigenvalue weighted by Gasteiger charge is 2.00. The summed E-state index contributed by atoms with van der Waals surface area (Å²) in [6, 6.07) is 2.82. The van der Waals surface area contributed by atoms with Crippen molar-refractivity contribution in [1.82, 2.24) is 0 Å². The fourth-order valence-corrected chi connectivity index (χ4v) is 1.46. The molecular weight excluding hydrogens is 215 g/mol. The molecule has 1 rings (SSSR count). The van der Waals surface area contributed by atoms with Gasteiger partial charge >= 0.3 is 0 Å². The molecule has 0 N–H and O–H groups in total. The van der Waals surface area contributed by atoms with E-state index < -0.39 is 0 Å². The number of hydrogen-bond acceptors (Lipinski definition) is 1. The van der Waals surface area contributed by atoms with Gasteiger partial charge in [0, 0.05) is 9.37 Å². The Kier molecular flexibility index (Phi) is 2.36. The van der Waals surface area contributed by atoms with Gasteiger partial charge < -0.3 is 0 Å². The maximum absolute atomic E-state index is 12.5. The Labute approximate surface area is 73.0 Å². The van der Waals surface area contributed by atoms with Crippen molar-refractivity contribution in [3.63, 3.8) is 0 Å². The average molecular weight is 221 g/mol. The first-order valence-corrected chi connectivity index (χ1v) is 4.00. The molecule has 10 heavy (non-hydrogen) atoms. The lowest BCUT2D eigenvalue weighted by Gasteiger charge is -2.00. The summed E-state index contributed by atoms with van der Waals surface area (Å²) in [5.74, 6) is -0.262. The third-order valence-electron chi connectivity index (χ3n) is 1.28. The molecule has 0 aromatic heterocycles. The van der Waals surface area contributed by atoms with Crippen LogP contribution in [0.2, 0.25) is 0 Å². The molecule has 0 fully saturated rings. The van der Waals surface area contributed by atoms with Gasteiger partial charge in [0.1, 0.15) is 5.82 Å². The van der Waals surface area contributed by atoms with Crippen molar-refractivity contribution < 1.29 is 4.39 Å². The average Bonchev–Trinajstić information content (AvgIpc) is 1.82. The molecule has 0 saturated heterocycles. The zero-order valence-corrected chi connectivity index (χ0v) is 7.84. The number of rotatable bonds is 0. The largest absolute Gasteiger partial charge is 0.207 e. The summed E-state index contributed by atoms with van der Waals surface area (Å²) in [7, 11) is 0. The van der Waals surface area contributed by atoms with Crippen LogP contribution in [0.5, 0.6) is 0 Å². The van der Waals surface area contributed by atoms with E-state index >= 15 is 0 Å². The van der Waals surface area contributed by atoms with E-state index in [1.165, 1.54) is 12.1 Å². The van der Waals surface area contributed by atoms with Gasteiger partial charge in [-0.15, -0.1) is 12.6 Å². The number of thiol groups is 1. The summed E-state index contributed by atoms with van der Waals surface area (Å²) >= 11 is 7.28. The van der Waals surface area contributed by atoms with Crippen molar-refractivity contribution in [1.29, 1.82) is 0 Å². The van der Waals surface area contributed by atoms with Crippen molar-refractivity contribution in [3.05, 3.63) is 28.0 Å². The molecule has 0 bridgehead atoms. The molecule has 0 atom stereocenters. The molecule has 0 unspecified atom stereocenters. The first kappa shape index (κ1) is 8.08. The summed E-state index contributed by atoms with van der Waals surface area (Å²) in [5, 5.41) is 0. The normalized spacial score (nSPS) is 10.0. The fraction of sp³-hybridized carbons (Fsp3) is 0.143. The van der Waals surface area contributed by atoms with E-state index in [1.807, 2.05) is 6.92 Å². The highest BCUT2D eigenvalue weighted by Crippen LogP contribution is 2.23. The van der Waals surface area contributed by atoms with Crippen molar-refractivity contribution >= 4 is 28.6 Å². The lowest BCUT2D eigenvalue weighted by atomic mass is 10.2. The van der Waals surface area contributed by atoms with Crippen molar-refractivity contribution in [2.24, 2.45) is 0 Å². The second-order valence-corrected chi connectivity index (χ2v) is 3.37. The van der Waals surface area contributed by atoms with Crippen LogP contribution >= 0.6 is 28.6 Å². The molecule has 0 nitrogen and oxygen atoms in total. The van der Waals surface area contributed by atoms with Crippen LogP contribution in [0.3, 0.4) is 0 Å². The van der Waals surface area contributed by atoms with E-state index in [0.29, 0.717) is 4.90 Å². The minimum atomic E-state index is -0.262. The fourth-order valence-electron chi connectivity index (χ4n) is 0.632. The molecule has 0 saturated carbocycles. The van der Waals surface area contributed by atoms with Gasteiger partial charge in [-0.3, -0.25) is 0 Å². The molecule has 0 spiro atoms. The van der Waals surface area contributed by atoms with E-state index in [4.69, 9.17) is 0 Å². The van der Waals surface area contributed by atoms with Gasteiger partial charge in [-0.05, 0) is 24.6 Å². The minimum absolute atomic E-state index is 0.262. The van der Waals surface area contributed by atoms with E-state index in [-0.39, 0.29) is 5.82 Å². The highest BCUT2D eigenvalue weighted by molar-refractivity contribution is 9.10. The Hall–Kier alpha value is -0.0200. The van der Waals surface area contributed by atoms with Crippen LogP contribution in [0.25, 0.3) is 0 Å². The van der Waals surface area contributed by atoms with Crippen LogP contribution in [-0.2, 0) is 0 Å². The van der Waals surface area contributed by atoms with Crippen LogP contribution in [0.15, 0.2) is 21.5 Å². The van der Waals surface area contributed by atoms with Gasteiger partial charge in [-0.1, -0.05) is 15.9 Å². The number of benzene rings is 1. The topological polar surface area (TPSA) is 0 Å². The molecule has 0 aliphatic heterocycles. The maximum atomic E-state index is 12.5. The summed E-state index contributed by atoms with van der Waals surface area (Å²) in [5.41, 5.74) is 0.963. The molecule has 1 aromatic carbocycles. The SMILES string of the molecule is Cc1c(S)cc(F)cc1Br. The van der Waals surface area contributed by atoms with Gasteiger partial charge in [0.05, 0.1) is 0 Å². The monoisotopic (exact) mass is 220 g/mol. The van der Waals surface area contributed by atoms with E-state index in [2.05, 4.69) is 28.6 Å². The van der Waals surface area contributed by atoms with Gasteiger partial charge in [-0.2, -0.15) is 0 Å². The predicted molar refractivity (Wildman–Crippen MR) is 46.1 cm³/mol. The Balaban J connectivity index is 3.31. The van der Waals surface area contributed by atoms with Crippen molar-refractivity contribution in [2.45, 2.75) is 11.8 Å². The molecule has 0 aliphatic carbocycles. The predicted octanol–water partition coefficient (Wildman–Crippen LogP) is 3.19. The second kappa shape index (κ2) is 2.93. The van der Waals surface area contributed by atoms with Crippen molar-refractivity contribution in [2.75, 3.05) is 0 Å². The Morgan fingerprint density at radius 1 is 1.50 bits per heavy atom. The van der Waals surface area contributed by atoms with Crippen LogP contribution in [0, 0.1) is 12.7 Å². The lowest BCUT2D eigenvalue weighted by molar-refractivity contribution is 0.622. The van der Waals surface area contributed by atoms with E-state index in [0.717, 1.165) is 10.0 Å². The van der Waals surface area contributed by atoms with Gasteiger partial charge in [-0.25, -0.2) is 4.39 Å². The molecule has 1 aromatic rings. The zero-order chi connectivity index (χ0) is 7.72. The van der Waals surface area contributed by atoms with Gasteiger partial charge in [0.25, 0.3) is 0 Å². The van der Waals surface area contributed by atoms with Crippen LogP contribution in [-0.4, -0.2) is 0 Å². The molecule has 0 heterocycles. The smallest absolute Gasteiger partial charge is 0.125 e. The Bertz CT molecular complexity index is 237. The minimum Gasteiger partial charge on any atom is -0.207 e. The summed E-state index contributed by atoms with van der Waals surface area (Å²) in [4.78, 5) is 0.673.